The quantitative estimate of drug-likeness (QED) is 0.602. The van der Waals surface area contributed by atoms with Gasteiger partial charge in [-0.3, -0.25) is 0 Å². The number of fused-ring (bicyclic) bond motifs is 1. The van der Waals surface area contributed by atoms with Gasteiger partial charge in [0.2, 0.25) is 0 Å². The van der Waals surface area contributed by atoms with Crippen LogP contribution in [0.3, 0.4) is 0 Å². The van der Waals surface area contributed by atoms with Crippen molar-refractivity contribution in [1.82, 2.24) is 0 Å². The largest absolute Gasteiger partial charge is 0.392 e. The molecule has 2 aliphatic carbocycles. The summed E-state index contributed by atoms with van der Waals surface area (Å²) in [6.45, 7) is 10.8. The molecular weight excluding hydrogens is 184 g/mol. The summed E-state index contributed by atoms with van der Waals surface area (Å²) >= 11 is 0. The minimum absolute atomic E-state index is 0.0125. The molecule has 1 N–H and O–H groups in total. The molecule has 1 fully saturated rings. The van der Waals surface area contributed by atoms with Gasteiger partial charge in [0.05, 0.1) is 6.10 Å². The summed E-state index contributed by atoms with van der Waals surface area (Å²) in [6.07, 6.45) is 4.06. The van der Waals surface area contributed by atoms with Crippen LogP contribution in [0.25, 0.3) is 0 Å². The fourth-order valence-corrected chi connectivity index (χ4v) is 2.99. The van der Waals surface area contributed by atoms with Crippen molar-refractivity contribution in [3.8, 4) is 0 Å². The molecule has 0 saturated heterocycles. The zero-order chi connectivity index (χ0) is 11.2. The Balaban J connectivity index is 2.37. The average molecular weight is 206 g/mol. The molecular formula is C14H22O. The highest BCUT2D eigenvalue weighted by atomic mass is 16.3. The standard InChI is InChI=1S/C14H22O/c1-9-5-6-11-10(2)7-13(15)14(3,4)8-12(9)11/h11,13,15H,2,5-8H2,1,3-4H3. The van der Waals surface area contributed by atoms with Crippen LogP contribution in [-0.2, 0) is 0 Å². The van der Waals surface area contributed by atoms with Crippen LogP contribution in [0.15, 0.2) is 23.3 Å². The van der Waals surface area contributed by atoms with E-state index < -0.39 is 0 Å². The summed E-state index contributed by atoms with van der Waals surface area (Å²) in [6, 6.07) is 0. The van der Waals surface area contributed by atoms with Gasteiger partial charge in [-0.15, -0.1) is 0 Å². The van der Waals surface area contributed by atoms with Crippen LogP contribution >= 0.6 is 0 Å². The first-order valence-electron chi connectivity index (χ1n) is 5.96. The Bertz CT molecular complexity index is 322. The van der Waals surface area contributed by atoms with Gasteiger partial charge in [-0.2, -0.15) is 0 Å². The molecule has 0 aromatic carbocycles. The zero-order valence-electron chi connectivity index (χ0n) is 10.1. The van der Waals surface area contributed by atoms with Crippen LogP contribution in [0.5, 0.6) is 0 Å². The number of aliphatic hydroxyl groups excluding tert-OH is 1. The lowest BCUT2D eigenvalue weighted by atomic mass is 9.80. The first kappa shape index (κ1) is 10.9. The maximum absolute atomic E-state index is 10.1. The molecule has 1 saturated carbocycles. The highest BCUT2D eigenvalue weighted by Crippen LogP contribution is 2.48. The van der Waals surface area contributed by atoms with Gasteiger partial charge in [0.25, 0.3) is 0 Å². The number of hydrogen-bond donors (Lipinski definition) is 1. The molecule has 0 aliphatic heterocycles. The van der Waals surface area contributed by atoms with E-state index in [2.05, 4.69) is 27.4 Å². The van der Waals surface area contributed by atoms with Crippen molar-refractivity contribution >= 4 is 0 Å². The molecule has 0 amide bonds. The molecule has 15 heavy (non-hydrogen) atoms. The van der Waals surface area contributed by atoms with Crippen molar-refractivity contribution in [1.29, 1.82) is 0 Å². The molecule has 2 atom stereocenters. The first-order chi connectivity index (χ1) is 6.92. The molecule has 0 aromatic rings. The van der Waals surface area contributed by atoms with Crippen molar-refractivity contribution in [2.45, 2.75) is 52.6 Å². The van der Waals surface area contributed by atoms with Crippen molar-refractivity contribution in [2.24, 2.45) is 11.3 Å². The normalized spacial score (nSPS) is 35.3. The van der Waals surface area contributed by atoms with Crippen LogP contribution in [0.2, 0.25) is 0 Å². The smallest absolute Gasteiger partial charge is 0.0631 e. The molecule has 1 nitrogen and oxygen atoms in total. The summed E-state index contributed by atoms with van der Waals surface area (Å²) in [5.41, 5.74) is 4.38. The predicted molar refractivity (Wildman–Crippen MR) is 63.6 cm³/mol. The van der Waals surface area contributed by atoms with E-state index in [1.165, 1.54) is 18.4 Å². The Morgan fingerprint density at radius 2 is 2.07 bits per heavy atom. The average Bonchev–Trinajstić information content (AvgIpc) is 2.43. The van der Waals surface area contributed by atoms with Crippen molar-refractivity contribution in [3.05, 3.63) is 23.3 Å². The third-order valence-corrected chi connectivity index (χ3v) is 4.27. The molecule has 0 spiro atoms. The Kier molecular flexibility index (Phi) is 2.54. The summed E-state index contributed by atoms with van der Waals surface area (Å²) in [5.74, 6) is 0.571. The minimum Gasteiger partial charge on any atom is -0.392 e. The lowest BCUT2D eigenvalue weighted by molar-refractivity contribution is 0.0547. The van der Waals surface area contributed by atoms with E-state index in [1.807, 2.05) is 0 Å². The fourth-order valence-electron chi connectivity index (χ4n) is 2.99. The van der Waals surface area contributed by atoms with Gasteiger partial charge < -0.3 is 5.11 Å². The summed E-state index contributed by atoms with van der Waals surface area (Å²) < 4.78 is 0. The van der Waals surface area contributed by atoms with Crippen LogP contribution in [-0.4, -0.2) is 11.2 Å². The number of aliphatic hydroxyl groups is 1. The molecule has 0 bridgehead atoms. The molecule has 2 unspecified atom stereocenters. The fraction of sp³-hybridized carbons (Fsp3) is 0.714. The third kappa shape index (κ3) is 1.78. The highest BCUT2D eigenvalue weighted by molar-refractivity contribution is 5.32. The van der Waals surface area contributed by atoms with Gasteiger partial charge in [0, 0.05) is 5.92 Å². The summed E-state index contributed by atoms with van der Waals surface area (Å²) in [7, 11) is 0. The van der Waals surface area contributed by atoms with Crippen LogP contribution < -0.4 is 0 Å². The van der Waals surface area contributed by atoms with Gasteiger partial charge >= 0.3 is 0 Å². The van der Waals surface area contributed by atoms with Crippen LogP contribution in [0, 0.1) is 11.3 Å². The predicted octanol–water partition coefficient (Wildman–Crippen LogP) is 3.45. The summed E-state index contributed by atoms with van der Waals surface area (Å²) in [5, 5.41) is 10.1. The van der Waals surface area contributed by atoms with E-state index in [0.717, 1.165) is 12.8 Å². The zero-order valence-corrected chi connectivity index (χ0v) is 10.1. The number of rotatable bonds is 0. The van der Waals surface area contributed by atoms with Crippen molar-refractivity contribution in [3.63, 3.8) is 0 Å². The minimum atomic E-state index is -0.226. The molecule has 2 rings (SSSR count). The third-order valence-electron chi connectivity index (χ3n) is 4.27. The van der Waals surface area contributed by atoms with Crippen LogP contribution in [0.1, 0.15) is 46.5 Å². The Morgan fingerprint density at radius 3 is 2.73 bits per heavy atom. The van der Waals surface area contributed by atoms with Gasteiger partial charge in [0.1, 0.15) is 0 Å². The molecule has 0 heterocycles. The first-order valence-corrected chi connectivity index (χ1v) is 5.96. The SMILES string of the molecule is C=C1CC(O)C(C)(C)CC2=C(C)CCC12. The lowest BCUT2D eigenvalue weighted by Gasteiger charge is -2.29. The van der Waals surface area contributed by atoms with Gasteiger partial charge in [-0.25, -0.2) is 0 Å². The Labute approximate surface area is 92.9 Å². The van der Waals surface area contributed by atoms with E-state index in [4.69, 9.17) is 0 Å². The van der Waals surface area contributed by atoms with E-state index in [-0.39, 0.29) is 11.5 Å². The molecule has 84 valence electrons. The van der Waals surface area contributed by atoms with Gasteiger partial charge in [-0.1, -0.05) is 37.1 Å². The van der Waals surface area contributed by atoms with Crippen molar-refractivity contribution in [2.75, 3.05) is 0 Å². The van der Waals surface area contributed by atoms with Gasteiger partial charge in [0.15, 0.2) is 0 Å². The van der Waals surface area contributed by atoms with E-state index in [1.54, 1.807) is 11.1 Å². The second kappa shape index (κ2) is 3.48. The molecule has 1 heteroatoms. The van der Waals surface area contributed by atoms with Crippen molar-refractivity contribution < 1.29 is 5.11 Å². The maximum atomic E-state index is 10.1. The number of hydrogen-bond acceptors (Lipinski definition) is 1. The number of allylic oxidation sites excluding steroid dienone is 2. The Hall–Kier alpha value is -0.560. The molecule has 0 aromatic heterocycles. The molecule has 0 radical (unpaired) electrons. The summed E-state index contributed by atoms with van der Waals surface area (Å²) in [4.78, 5) is 0. The Morgan fingerprint density at radius 1 is 1.40 bits per heavy atom. The lowest BCUT2D eigenvalue weighted by Crippen LogP contribution is -2.28. The monoisotopic (exact) mass is 206 g/mol. The van der Waals surface area contributed by atoms with Gasteiger partial charge in [-0.05, 0) is 38.0 Å². The van der Waals surface area contributed by atoms with E-state index in [9.17, 15) is 5.11 Å². The second-order valence-electron chi connectivity index (χ2n) is 5.94. The van der Waals surface area contributed by atoms with E-state index >= 15 is 0 Å². The second-order valence-corrected chi connectivity index (χ2v) is 5.94. The van der Waals surface area contributed by atoms with E-state index in [0.29, 0.717) is 5.92 Å². The maximum Gasteiger partial charge on any atom is 0.0631 e. The highest BCUT2D eigenvalue weighted by Gasteiger charge is 2.38. The molecule has 2 aliphatic rings. The topological polar surface area (TPSA) is 20.2 Å². The van der Waals surface area contributed by atoms with Crippen LogP contribution in [0.4, 0.5) is 0 Å².